The van der Waals surface area contributed by atoms with E-state index in [2.05, 4.69) is 5.32 Å². The Bertz CT molecular complexity index is 136. The molecular formula is C5H11N3O. The molecule has 0 radical (unpaired) electrons. The lowest BCUT2D eigenvalue weighted by Crippen LogP contribution is -2.39. The average Bonchev–Trinajstić information content (AvgIpc) is 1.98. The molecule has 2 atom stereocenters. The van der Waals surface area contributed by atoms with Gasteiger partial charge in [0.2, 0.25) is 0 Å². The van der Waals surface area contributed by atoms with Crippen LogP contribution in [-0.2, 0) is 0 Å². The van der Waals surface area contributed by atoms with Crippen LogP contribution in [0.5, 0.6) is 0 Å². The standard InChI is InChI=1S/C5H11N3O/c1-3-4(2)8(6)5(9)7-3/h3-4H,6H2,1-2H3,(H,7,9)/t3-,4?/m1/s1. The fraction of sp³-hybridized carbons (Fsp3) is 0.800. The molecule has 1 fully saturated rings. The van der Waals surface area contributed by atoms with Crippen molar-refractivity contribution in [3.05, 3.63) is 0 Å². The van der Waals surface area contributed by atoms with Gasteiger partial charge in [0, 0.05) is 6.04 Å². The molecule has 1 unspecified atom stereocenters. The predicted octanol–water partition coefficient (Wildman–Crippen LogP) is -0.338. The van der Waals surface area contributed by atoms with Crippen molar-refractivity contribution in [3.63, 3.8) is 0 Å². The number of nitrogens with one attached hydrogen (secondary N) is 1. The minimum Gasteiger partial charge on any atom is -0.332 e. The summed E-state index contributed by atoms with van der Waals surface area (Å²) >= 11 is 0. The van der Waals surface area contributed by atoms with Gasteiger partial charge in [-0.25, -0.2) is 10.6 Å². The molecule has 1 aliphatic heterocycles. The number of hydrazine groups is 1. The summed E-state index contributed by atoms with van der Waals surface area (Å²) in [5.74, 6) is 5.33. The quantitative estimate of drug-likeness (QED) is 0.347. The van der Waals surface area contributed by atoms with Gasteiger partial charge in [-0.3, -0.25) is 5.01 Å². The number of hydrogen-bond donors (Lipinski definition) is 2. The molecule has 0 saturated carbocycles. The molecule has 3 N–H and O–H groups in total. The first-order valence-electron chi connectivity index (χ1n) is 2.97. The van der Waals surface area contributed by atoms with Crippen LogP contribution in [-0.4, -0.2) is 23.1 Å². The summed E-state index contributed by atoms with van der Waals surface area (Å²) in [4.78, 5) is 10.7. The molecule has 1 saturated heterocycles. The molecule has 1 aliphatic rings. The molecule has 4 heteroatoms. The van der Waals surface area contributed by atoms with Crippen LogP contribution in [0.2, 0.25) is 0 Å². The van der Waals surface area contributed by atoms with E-state index in [0.717, 1.165) is 0 Å². The summed E-state index contributed by atoms with van der Waals surface area (Å²) in [7, 11) is 0. The summed E-state index contributed by atoms with van der Waals surface area (Å²) in [5, 5.41) is 3.89. The first-order valence-corrected chi connectivity index (χ1v) is 2.97. The molecule has 0 aromatic rings. The molecule has 52 valence electrons. The highest BCUT2D eigenvalue weighted by atomic mass is 16.2. The zero-order chi connectivity index (χ0) is 7.02. The number of hydrogen-bond acceptors (Lipinski definition) is 2. The van der Waals surface area contributed by atoms with Crippen LogP contribution in [0.1, 0.15) is 13.8 Å². The lowest BCUT2D eigenvalue weighted by atomic mass is 10.2. The van der Waals surface area contributed by atoms with Gasteiger partial charge in [0.25, 0.3) is 0 Å². The summed E-state index contributed by atoms with van der Waals surface area (Å²) in [6.45, 7) is 3.83. The maximum atomic E-state index is 10.7. The van der Waals surface area contributed by atoms with Gasteiger partial charge in [0.15, 0.2) is 0 Å². The molecule has 9 heavy (non-hydrogen) atoms. The molecule has 0 aliphatic carbocycles. The van der Waals surface area contributed by atoms with Crippen LogP contribution < -0.4 is 11.2 Å². The van der Waals surface area contributed by atoms with E-state index in [4.69, 9.17) is 5.84 Å². The van der Waals surface area contributed by atoms with Crippen LogP contribution in [0.25, 0.3) is 0 Å². The van der Waals surface area contributed by atoms with Crippen LogP contribution in [0.3, 0.4) is 0 Å². The van der Waals surface area contributed by atoms with E-state index in [9.17, 15) is 4.79 Å². The van der Waals surface area contributed by atoms with Crippen molar-refractivity contribution in [1.82, 2.24) is 10.3 Å². The lowest BCUT2D eigenvalue weighted by molar-refractivity contribution is 0.207. The monoisotopic (exact) mass is 129 g/mol. The van der Waals surface area contributed by atoms with Crippen LogP contribution in [0, 0.1) is 0 Å². The van der Waals surface area contributed by atoms with E-state index in [1.807, 2.05) is 13.8 Å². The van der Waals surface area contributed by atoms with Gasteiger partial charge in [-0.2, -0.15) is 0 Å². The Labute approximate surface area is 54.0 Å². The van der Waals surface area contributed by atoms with E-state index in [1.165, 1.54) is 5.01 Å². The maximum Gasteiger partial charge on any atom is 0.332 e. The van der Waals surface area contributed by atoms with Crippen LogP contribution in [0.15, 0.2) is 0 Å². The molecule has 2 amide bonds. The van der Waals surface area contributed by atoms with E-state index in [1.54, 1.807) is 0 Å². The number of urea groups is 1. The molecule has 0 spiro atoms. The topological polar surface area (TPSA) is 58.4 Å². The highest BCUT2D eigenvalue weighted by Crippen LogP contribution is 2.06. The Morgan fingerprint density at radius 1 is 1.67 bits per heavy atom. The van der Waals surface area contributed by atoms with Crippen molar-refractivity contribution < 1.29 is 4.79 Å². The Morgan fingerprint density at radius 3 is 2.33 bits per heavy atom. The SMILES string of the molecule is CC1[C@@H](C)NC(=O)N1N. The summed E-state index contributed by atoms with van der Waals surface area (Å²) < 4.78 is 0. The smallest absolute Gasteiger partial charge is 0.332 e. The third-order valence-corrected chi connectivity index (χ3v) is 1.75. The second-order valence-corrected chi connectivity index (χ2v) is 2.39. The zero-order valence-electron chi connectivity index (χ0n) is 5.59. The first kappa shape index (κ1) is 6.35. The van der Waals surface area contributed by atoms with Gasteiger partial charge in [-0.15, -0.1) is 0 Å². The minimum atomic E-state index is -0.185. The number of rotatable bonds is 0. The number of amides is 2. The van der Waals surface area contributed by atoms with Crippen molar-refractivity contribution in [2.24, 2.45) is 5.84 Å². The zero-order valence-corrected chi connectivity index (χ0v) is 5.59. The third kappa shape index (κ3) is 0.853. The van der Waals surface area contributed by atoms with Crippen molar-refractivity contribution >= 4 is 6.03 Å². The summed E-state index contributed by atoms with van der Waals surface area (Å²) in [6.07, 6.45) is 0. The van der Waals surface area contributed by atoms with E-state index in [0.29, 0.717) is 0 Å². The molecule has 0 bridgehead atoms. The Hall–Kier alpha value is -0.770. The number of nitrogens with two attached hydrogens (primary N) is 1. The van der Waals surface area contributed by atoms with E-state index >= 15 is 0 Å². The fourth-order valence-electron chi connectivity index (χ4n) is 0.816. The van der Waals surface area contributed by atoms with Gasteiger partial charge in [-0.1, -0.05) is 0 Å². The van der Waals surface area contributed by atoms with E-state index in [-0.39, 0.29) is 18.1 Å². The first-order chi connectivity index (χ1) is 4.13. The molecular weight excluding hydrogens is 118 g/mol. The normalized spacial score (nSPS) is 35.0. The predicted molar refractivity (Wildman–Crippen MR) is 33.5 cm³/mol. The molecule has 1 heterocycles. The van der Waals surface area contributed by atoms with Crippen LogP contribution >= 0.6 is 0 Å². The third-order valence-electron chi connectivity index (χ3n) is 1.75. The van der Waals surface area contributed by atoms with Gasteiger partial charge in [-0.05, 0) is 13.8 Å². The van der Waals surface area contributed by atoms with Crippen LogP contribution in [0.4, 0.5) is 4.79 Å². The minimum absolute atomic E-state index is 0.109. The average molecular weight is 129 g/mol. The lowest BCUT2D eigenvalue weighted by Gasteiger charge is -2.13. The number of carbonyl (C=O) groups excluding carboxylic acids is 1. The highest BCUT2D eigenvalue weighted by molar-refractivity contribution is 5.76. The molecule has 0 aromatic heterocycles. The summed E-state index contributed by atoms with van der Waals surface area (Å²) in [6, 6.07) is 0.0926. The molecule has 4 nitrogen and oxygen atoms in total. The van der Waals surface area contributed by atoms with Gasteiger partial charge >= 0.3 is 6.03 Å². The number of carbonyl (C=O) groups is 1. The Balaban J connectivity index is 2.65. The Kier molecular flexibility index (Phi) is 1.32. The van der Waals surface area contributed by atoms with E-state index < -0.39 is 0 Å². The van der Waals surface area contributed by atoms with Gasteiger partial charge < -0.3 is 5.32 Å². The highest BCUT2D eigenvalue weighted by Gasteiger charge is 2.30. The Morgan fingerprint density at radius 2 is 2.22 bits per heavy atom. The van der Waals surface area contributed by atoms with Crippen molar-refractivity contribution in [2.75, 3.05) is 0 Å². The second-order valence-electron chi connectivity index (χ2n) is 2.39. The molecule has 1 rings (SSSR count). The molecule has 0 aromatic carbocycles. The largest absolute Gasteiger partial charge is 0.332 e. The summed E-state index contributed by atoms with van der Waals surface area (Å²) in [5.41, 5.74) is 0. The maximum absolute atomic E-state index is 10.7. The van der Waals surface area contributed by atoms with Gasteiger partial charge in [0.1, 0.15) is 0 Å². The van der Waals surface area contributed by atoms with Crippen molar-refractivity contribution in [3.8, 4) is 0 Å². The number of nitrogens with zero attached hydrogens (tertiary/aromatic N) is 1. The fourth-order valence-corrected chi connectivity index (χ4v) is 0.816. The second kappa shape index (κ2) is 1.88. The van der Waals surface area contributed by atoms with Crippen molar-refractivity contribution in [2.45, 2.75) is 25.9 Å². The van der Waals surface area contributed by atoms with Crippen molar-refractivity contribution in [1.29, 1.82) is 0 Å². The van der Waals surface area contributed by atoms with Gasteiger partial charge in [0.05, 0.1) is 6.04 Å².